The molecular formula is C19H40O3. The molecule has 3 atom stereocenters. The highest BCUT2D eigenvalue weighted by Gasteiger charge is 2.30. The normalized spacial score (nSPS) is 14.5. The molecule has 0 spiro atoms. The first-order chi connectivity index (χ1) is 10.1. The van der Waals surface area contributed by atoms with Gasteiger partial charge in [-0.15, -0.1) is 0 Å². The highest BCUT2D eigenvalue weighted by atomic mass is 16.3. The van der Waals surface area contributed by atoms with Gasteiger partial charge in [-0.1, -0.05) is 62.3 Å². The third-order valence-corrected chi connectivity index (χ3v) is 3.83. The van der Waals surface area contributed by atoms with Crippen molar-refractivity contribution in [2.24, 2.45) is 17.3 Å². The van der Waals surface area contributed by atoms with Crippen LogP contribution in [0.4, 0.5) is 0 Å². The van der Waals surface area contributed by atoms with Gasteiger partial charge in [-0.05, 0) is 25.2 Å². The van der Waals surface area contributed by atoms with Gasteiger partial charge in [-0.2, -0.15) is 0 Å². The topological polar surface area (TPSA) is 54.4 Å². The first-order valence-electron chi connectivity index (χ1n) is 8.80. The van der Waals surface area contributed by atoms with E-state index in [-0.39, 0.29) is 35.2 Å². The molecular weight excluding hydrogens is 276 g/mol. The summed E-state index contributed by atoms with van der Waals surface area (Å²) in [5.74, 6) is -0.293. The standard InChI is InChI=1S/C15H28O3.2C2H6/c1-7-13(17)8-12(11(3)16)9-14(18)10(2)15(4,5)6;2*1-2/h10,12-13,17H,7-9H2,1-6H3;2*1-2H3. The van der Waals surface area contributed by atoms with Crippen molar-refractivity contribution in [3.63, 3.8) is 0 Å². The summed E-state index contributed by atoms with van der Waals surface area (Å²) in [5, 5.41) is 9.63. The van der Waals surface area contributed by atoms with Crippen LogP contribution < -0.4 is 0 Å². The van der Waals surface area contributed by atoms with Gasteiger partial charge in [0.2, 0.25) is 0 Å². The average molecular weight is 317 g/mol. The Kier molecular flexibility index (Phi) is 16.6. The summed E-state index contributed by atoms with van der Waals surface area (Å²) >= 11 is 0. The first kappa shape index (κ1) is 26.2. The number of aliphatic hydroxyl groups excluding tert-OH is 1. The van der Waals surface area contributed by atoms with Crippen molar-refractivity contribution < 1.29 is 14.7 Å². The Morgan fingerprint density at radius 3 is 1.73 bits per heavy atom. The van der Waals surface area contributed by atoms with Gasteiger partial charge >= 0.3 is 0 Å². The zero-order valence-corrected chi connectivity index (χ0v) is 16.6. The molecule has 22 heavy (non-hydrogen) atoms. The van der Waals surface area contributed by atoms with E-state index < -0.39 is 6.10 Å². The average Bonchev–Trinajstić information content (AvgIpc) is 2.48. The predicted molar refractivity (Wildman–Crippen MR) is 96.0 cm³/mol. The molecule has 0 aromatic carbocycles. The number of ketones is 2. The van der Waals surface area contributed by atoms with Gasteiger partial charge in [0.05, 0.1) is 6.10 Å². The Labute approximate surface area is 138 Å². The second-order valence-electron chi connectivity index (χ2n) is 6.36. The van der Waals surface area contributed by atoms with Crippen LogP contribution in [0.3, 0.4) is 0 Å². The maximum atomic E-state index is 12.1. The van der Waals surface area contributed by atoms with Gasteiger partial charge in [0.15, 0.2) is 0 Å². The maximum Gasteiger partial charge on any atom is 0.136 e. The zero-order valence-electron chi connectivity index (χ0n) is 16.6. The maximum absolute atomic E-state index is 12.1. The second kappa shape index (κ2) is 13.9. The number of carbonyl (C=O) groups is 2. The number of hydrogen-bond donors (Lipinski definition) is 1. The van der Waals surface area contributed by atoms with Crippen molar-refractivity contribution in [3.8, 4) is 0 Å². The minimum Gasteiger partial charge on any atom is -0.393 e. The van der Waals surface area contributed by atoms with E-state index in [1.54, 1.807) is 0 Å². The number of aliphatic hydroxyl groups is 1. The molecule has 134 valence electrons. The summed E-state index contributed by atoms with van der Waals surface area (Å²) in [6, 6.07) is 0. The summed E-state index contributed by atoms with van der Waals surface area (Å²) in [5.41, 5.74) is -0.0816. The summed E-state index contributed by atoms with van der Waals surface area (Å²) in [7, 11) is 0. The van der Waals surface area contributed by atoms with Crippen LogP contribution in [0.1, 0.15) is 88.5 Å². The number of carbonyl (C=O) groups excluding carboxylic acids is 2. The van der Waals surface area contributed by atoms with Crippen molar-refractivity contribution in [2.75, 3.05) is 0 Å². The van der Waals surface area contributed by atoms with Crippen LogP contribution in [0.15, 0.2) is 0 Å². The minimum absolute atomic E-state index is 0.00282. The monoisotopic (exact) mass is 316 g/mol. The lowest BCUT2D eigenvalue weighted by Gasteiger charge is -2.27. The second-order valence-corrected chi connectivity index (χ2v) is 6.36. The fraction of sp³-hybridized carbons (Fsp3) is 0.895. The molecule has 0 fully saturated rings. The predicted octanol–water partition coefficient (Wildman–Crippen LogP) is 5.05. The number of Topliss-reactive ketones (excluding diaryl/α,β-unsaturated/α-hetero) is 2. The molecule has 0 amide bonds. The van der Waals surface area contributed by atoms with Crippen molar-refractivity contribution in [3.05, 3.63) is 0 Å². The Balaban J connectivity index is -0.000000826. The summed E-state index contributed by atoms with van der Waals surface area (Å²) in [4.78, 5) is 23.7. The molecule has 0 heterocycles. The Morgan fingerprint density at radius 2 is 1.45 bits per heavy atom. The van der Waals surface area contributed by atoms with Gasteiger partial charge in [0, 0.05) is 18.3 Å². The van der Waals surface area contributed by atoms with Crippen LogP contribution in [0, 0.1) is 17.3 Å². The molecule has 0 radical (unpaired) electrons. The van der Waals surface area contributed by atoms with Gasteiger partial charge in [0.1, 0.15) is 11.6 Å². The molecule has 0 saturated heterocycles. The molecule has 0 saturated carbocycles. The van der Waals surface area contributed by atoms with Crippen LogP contribution in [0.2, 0.25) is 0 Å². The van der Waals surface area contributed by atoms with Crippen molar-refractivity contribution in [1.82, 2.24) is 0 Å². The van der Waals surface area contributed by atoms with Crippen LogP contribution >= 0.6 is 0 Å². The molecule has 3 nitrogen and oxygen atoms in total. The summed E-state index contributed by atoms with van der Waals surface area (Å²) in [6.45, 7) is 19.4. The van der Waals surface area contributed by atoms with Crippen molar-refractivity contribution in [2.45, 2.75) is 94.6 Å². The highest BCUT2D eigenvalue weighted by Crippen LogP contribution is 2.29. The number of rotatable bonds is 7. The molecule has 0 aliphatic heterocycles. The summed E-state index contributed by atoms with van der Waals surface area (Å²) in [6.07, 6.45) is 0.781. The van der Waals surface area contributed by atoms with Gasteiger partial charge in [-0.25, -0.2) is 0 Å². The van der Waals surface area contributed by atoms with E-state index in [2.05, 4.69) is 0 Å². The van der Waals surface area contributed by atoms with E-state index in [1.807, 2.05) is 62.3 Å². The van der Waals surface area contributed by atoms with Crippen molar-refractivity contribution in [1.29, 1.82) is 0 Å². The third-order valence-electron chi connectivity index (χ3n) is 3.83. The molecule has 3 heteroatoms. The largest absolute Gasteiger partial charge is 0.393 e. The Hall–Kier alpha value is -0.700. The van der Waals surface area contributed by atoms with Gasteiger partial charge in [-0.3, -0.25) is 9.59 Å². The quantitative estimate of drug-likeness (QED) is 0.715. The Morgan fingerprint density at radius 1 is 1.05 bits per heavy atom. The molecule has 0 aromatic heterocycles. The van der Waals surface area contributed by atoms with Crippen molar-refractivity contribution >= 4 is 11.6 Å². The van der Waals surface area contributed by atoms with E-state index in [1.165, 1.54) is 6.92 Å². The lowest BCUT2D eigenvalue weighted by atomic mass is 9.76. The molecule has 3 unspecified atom stereocenters. The van der Waals surface area contributed by atoms with Gasteiger partial charge in [0.25, 0.3) is 0 Å². The van der Waals surface area contributed by atoms with Crippen LogP contribution in [0.5, 0.6) is 0 Å². The first-order valence-corrected chi connectivity index (χ1v) is 8.80. The van der Waals surface area contributed by atoms with E-state index in [0.29, 0.717) is 12.8 Å². The zero-order chi connectivity index (χ0) is 18.5. The van der Waals surface area contributed by atoms with Crippen LogP contribution in [-0.2, 0) is 9.59 Å². The smallest absolute Gasteiger partial charge is 0.136 e. The van der Waals surface area contributed by atoms with E-state index in [9.17, 15) is 14.7 Å². The SMILES string of the molecule is CC.CC.CCC(O)CC(CC(=O)C(C)C(C)(C)C)C(C)=O. The van der Waals surface area contributed by atoms with E-state index in [0.717, 1.165) is 0 Å². The molecule has 0 rings (SSSR count). The molecule has 0 aromatic rings. The fourth-order valence-corrected chi connectivity index (χ4v) is 1.79. The lowest BCUT2D eigenvalue weighted by molar-refractivity contribution is -0.131. The van der Waals surface area contributed by atoms with Gasteiger partial charge < -0.3 is 5.11 Å². The summed E-state index contributed by atoms with van der Waals surface area (Å²) < 4.78 is 0. The van der Waals surface area contributed by atoms with E-state index >= 15 is 0 Å². The third kappa shape index (κ3) is 11.9. The fourth-order valence-electron chi connectivity index (χ4n) is 1.79. The van der Waals surface area contributed by atoms with Crippen LogP contribution in [0.25, 0.3) is 0 Å². The number of hydrogen-bond acceptors (Lipinski definition) is 3. The Bertz CT molecular complexity index is 290. The molecule has 0 bridgehead atoms. The molecule has 1 N–H and O–H groups in total. The molecule has 0 aliphatic carbocycles. The van der Waals surface area contributed by atoms with Crippen LogP contribution in [-0.4, -0.2) is 22.8 Å². The van der Waals surface area contributed by atoms with E-state index in [4.69, 9.17) is 0 Å². The minimum atomic E-state index is -0.489. The lowest BCUT2D eigenvalue weighted by Crippen LogP contribution is -2.30. The molecule has 0 aliphatic rings. The highest BCUT2D eigenvalue weighted by molar-refractivity contribution is 5.88.